The standard InChI is InChI=1S/C59H44N2/c1-41-25-31-51(32-26-41)61(50-23-9-4-10-24-50)53-34-36-55-57(40-53)59(47-30-28-43-16-12-14-18-45(43)38-47)54-35-33-52(60(48-19-5-2-6-20-48)49-21-7-3-8-22-49)39-56(54)58(55)46-29-27-42-15-11-13-17-44(42)37-46/h2-25,27-41H,26H2,1H3. The number of hydrogen-bond acceptors (Lipinski definition) is 2. The predicted molar refractivity (Wildman–Crippen MR) is 262 cm³/mol. The lowest BCUT2D eigenvalue weighted by Gasteiger charge is -2.29. The fraction of sp³-hybridized carbons (Fsp3) is 0.0508. The lowest BCUT2D eigenvalue weighted by Crippen LogP contribution is -2.17. The first-order valence-corrected chi connectivity index (χ1v) is 21.3. The van der Waals surface area contributed by atoms with E-state index in [9.17, 15) is 0 Å². The van der Waals surface area contributed by atoms with E-state index in [4.69, 9.17) is 0 Å². The Bertz CT molecular complexity index is 3250. The Morgan fingerprint density at radius 3 is 1.25 bits per heavy atom. The second kappa shape index (κ2) is 15.5. The molecule has 10 aromatic rings. The molecule has 0 bridgehead atoms. The maximum absolute atomic E-state index is 2.44. The molecule has 290 valence electrons. The number of fused-ring (bicyclic) bond motifs is 4. The molecule has 0 heterocycles. The van der Waals surface area contributed by atoms with Gasteiger partial charge in [-0.1, -0.05) is 159 Å². The zero-order valence-corrected chi connectivity index (χ0v) is 34.1. The summed E-state index contributed by atoms with van der Waals surface area (Å²) < 4.78 is 0. The van der Waals surface area contributed by atoms with Crippen LogP contribution in [0.4, 0.5) is 28.4 Å². The summed E-state index contributed by atoms with van der Waals surface area (Å²) >= 11 is 0. The number of hydrogen-bond donors (Lipinski definition) is 0. The summed E-state index contributed by atoms with van der Waals surface area (Å²) in [7, 11) is 0. The summed E-state index contributed by atoms with van der Waals surface area (Å²) in [5.74, 6) is 0.512. The van der Waals surface area contributed by atoms with Crippen LogP contribution in [0.5, 0.6) is 0 Å². The fourth-order valence-electron chi connectivity index (χ4n) is 9.30. The van der Waals surface area contributed by atoms with Gasteiger partial charge in [-0.15, -0.1) is 0 Å². The van der Waals surface area contributed by atoms with Crippen LogP contribution < -0.4 is 9.80 Å². The van der Waals surface area contributed by atoms with Crippen molar-refractivity contribution in [3.63, 3.8) is 0 Å². The van der Waals surface area contributed by atoms with Crippen LogP contribution in [0, 0.1) is 5.92 Å². The quantitative estimate of drug-likeness (QED) is 0.142. The van der Waals surface area contributed by atoms with E-state index < -0.39 is 0 Å². The van der Waals surface area contributed by atoms with Crippen molar-refractivity contribution in [3.05, 3.63) is 236 Å². The summed E-state index contributed by atoms with van der Waals surface area (Å²) in [6, 6.07) is 77.8. The topological polar surface area (TPSA) is 6.48 Å². The van der Waals surface area contributed by atoms with Crippen molar-refractivity contribution in [1.29, 1.82) is 0 Å². The Balaban J connectivity index is 1.25. The van der Waals surface area contributed by atoms with E-state index in [0.717, 1.165) is 34.9 Å². The maximum atomic E-state index is 2.44. The molecule has 1 aliphatic carbocycles. The van der Waals surface area contributed by atoms with Gasteiger partial charge in [0.05, 0.1) is 0 Å². The van der Waals surface area contributed by atoms with Crippen molar-refractivity contribution < 1.29 is 0 Å². The normalized spacial score (nSPS) is 13.8. The molecule has 1 atom stereocenters. The van der Waals surface area contributed by atoms with Gasteiger partial charge in [0.25, 0.3) is 0 Å². The number of anilines is 5. The third-order valence-corrected chi connectivity index (χ3v) is 12.3. The number of allylic oxidation sites excluding steroid dienone is 3. The van der Waals surface area contributed by atoms with Crippen LogP contribution in [0.3, 0.4) is 0 Å². The van der Waals surface area contributed by atoms with Gasteiger partial charge in [-0.2, -0.15) is 0 Å². The van der Waals surface area contributed by atoms with Gasteiger partial charge in [-0.05, 0) is 157 Å². The molecule has 0 radical (unpaired) electrons. The summed E-state index contributed by atoms with van der Waals surface area (Å²) in [6.07, 6.45) is 8.03. The van der Waals surface area contributed by atoms with Crippen molar-refractivity contribution in [2.24, 2.45) is 5.92 Å². The molecule has 61 heavy (non-hydrogen) atoms. The summed E-state index contributed by atoms with van der Waals surface area (Å²) in [5, 5.41) is 9.77. The lowest BCUT2D eigenvalue weighted by molar-refractivity contribution is 0.728. The van der Waals surface area contributed by atoms with Gasteiger partial charge >= 0.3 is 0 Å². The first-order valence-electron chi connectivity index (χ1n) is 21.3. The summed E-state index contributed by atoms with van der Waals surface area (Å²) in [5.41, 5.74) is 11.6. The average Bonchev–Trinajstić information content (AvgIpc) is 3.32. The van der Waals surface area contributed by atoms with Crippen molar-refractivity contribution in [1.82, 2.24) is 0 Å². The number of rotatable bonds is 8. The first-order chi connectivity index (χ1) is 30.2. The van der Waals surface area contributed by atoms with Crippen LogP contribution in [-0.2, 0) is 0 Å². The minimum atomic E-state index is 0.512. The van der Waals surface area contributed by atoms with E-state index in [-0.39, 0.29) is 0 Å². The summed E-state index contributed by atoms with van der Waals surface area (Å²) in [4.78, 5) is 4.79. The molecule has 0 saturated heterocycles. The first kappa shape index (κ1) is 36.4. The molecule has 0 fully saturated rings. The van der Waals surface area contributed by atoms with Crippen LogP contribution in [0.15, 0.2) is 236 Å². The highest BCUT2D eigenvalue weighted by molar-refractivity contribution is 6.23. The third-order valence-electron chi connectivity index (χ3n) is 12.3. The van der Waals surface area contributed by atoms with E-state index in [2.05, 4.69) is 247 Å². The Kier molecular flexibility index (Phi) is 9.24. The number of nitrogens with zero attached hydrogens (tertiary/aromatic N) is 2. The second-order valence-corrected chi connectivity index (χ2v) is 16.2. The molecule has 0 spiro atoms. The molecular weight excluding hydrogens is 737 g/mol. The Morgan fingerprint density at radius 1 is 0.361 bits per heavy atom. The van der Waals surface area contributed by atoms with Gasteiger partial charge in [-0.3, -0.25) is 0 Å². The summed E-state index contributed by atoms with van der Waals surface area (Å²) in [6.45, 7) is 2.28. The smallest absolute Gasteiger partial charge is 0.0468 e. The van der Waals surface area contributed by atoms with Crippen LogP contribution >= 0.6 is 0 Å². The Morgan fingerprint density at radius 2 is 0.787 bits per heavy atom. The van der Waals surface area contributed by atoms with E-state index >= 15 is 0 Å². The molecule has 0 aromatic heterocycles. The van der Waals surface area contributed by atoms with Gasteiger partial charge in [0.2, 0.25) is 0 Å². The van der Waals surface area contributed by atoms with Gasteiger partial charge in [0, 0.05) is 34.1 Å². The molecule has 2 nitrogen and oxygen atoms in total. The van der Waals surface area contributed by atoms with Crippen molar-refractivity contribution >= 4 is 71.5 Å². The largest absolute Gasteiger partial charge is 0.311 e. The number of para-hydroxylation sites is 3. The van der Waals surface area contributed by atoms with Crippen LogP contribution in [-0.4, -0.2) is 0 Å². The highest BCUT2D eigenvalue weighted by Gasteiger charge is 2.23. The molecule has 1 aliphatic rings. The highest BCUT2D eigenvalue weighted by Crippen LogP contribution is 2.48. The van der Waals surface area contributed by atoms with Gasteiger partial charge in [0.1, 0.15) is 0 Å². The van der Waals surface area contributed by atoms with E-state index in [0.29, 0.717) is 5.92 Å². The van der Waals surface area contributed by atoms with Crippen molar-refractivity contribution in [2.45, 2.75) is 13.3 Å². The van der Waals surface area contributed by atoms with Gasteiger partial charge in [0.15, 0.2) is 0 Å². The Hall–Kier alpha value is -7.68. The van der Waals surface area contributed by atoms with Crippen LogP contribution in [0.1, 0.15) is 13.3 Å². The number of benzene rings is 10. The van der Waals surface area contributed by atoms with Crippen LogP contribution in [0.2, 0.25) is 0 Å². The molecule has 0 N–H and O–H groups in total. The molecule has 1 unspecified atom stereocenters. The lowest BCUT2D eigenvalue weighted by atomic mass is 9.84. The molecular formula is C59H44N2. The molecule has 2 heteroatoms. The van der Waals surface area contributed by atoms with E-state index in [1.165, 1.54) is 71.0 Å². The molecule has 0 saturated carbocycles. The second-order valence-electron chi connectivity index (χ2n) is 16.2. The zero-order valence-electron chi connectivity index (χ0n) is 34.1. The van der Waals surface area contributed by atoms with Gasteiger partial charge < -0.3 is 9.80 Å². The minimum absolute atomic E-state index is 0.512. The third kappa shape index (κ3) is 6.73. The SMILES string of the molecule is CC1C=CC(N(c2ccccc2)c2ccc3c(-c4ccc5ccccc5c4)c4cc(N(c5ccccc5)c5ccccc5)ccc4c(-c4ccc5ccccc5c4)c3c2)=CC1. The predicted octanol–water partition coefficient (Wildman–Crippen LogP) is 16.7. The maximum Gasteiger partial charge on any atom is 0.0468 e. The average molecular weight is 781 g/mol. The van der Waals surface area contributed by atoms with Crippen LogP contribution in [0.25, 0.3) is 65.3 Å². The van der Waals surface area contributed by atoms with E-state index in [1.54, 1.807) is 0 Å². The molecule has 0 aliphatic heterocycles. The van der Waals surface area contributed by atoms with Crippen molar-refractivity contribution in [2.75, 3.05) is 9.80 Å². The fourth-order valence-corrected chi connectivity index (χ4v) is 9.30. The minimum Gasteiger partial charge on any atom is -0.311 e. The zero-order chi connectivity index (χ0) is 40.7. The van der Waals surface area contributed by atoms with Crippen molar-refractivity contribution in [3.8, 4) is 22.3 Å². The van der Waals surface area contributed by atoms with Gasteiger partial charge in [-0.25, -0.2) is 0 Å². The highest BCUT2D eigenvalue weighted by atomic mass is 15.1. The monoisotopic (exact) mass is 780 g/mol. The molecule has 10 aromatic carbocycles. The molecule has 11 rings (SSSR count). The Labute approximate surface area is 357 Å². The molecule has 0 amide bonds. The van der Waals surface area contributed by atoms with E-state index in [1.807, 2.05) is 0 Å².